The fourth-order valence-corrected chi connectivity index (χ4v) is 2.40. The van der Waals surface area contributed by atoms with E-state index in [2.05, 4.69) is 4.90 Å². The molecule has 20 heavy (non-hydrogen) atoms. The Hall–Kier alpha value is -1.30. The molecule has 1 aliphatic heterocycles. The molecule has 1 aliphatic rings. The Balaban J connectivity index is 2.04. The van der Waals surface area contributed by atoms with Gasteiger partial charge in [-0.2, -0.15) is 0 Å². The lowest BCUT2D eigenvalue weighted by Crippen LogP contribution is -2.49. The van der Waals surface area contributed by atoms with Crippen molar-refractivity contribution in [1.82, 2.24) is 4.90 Å². The number of hydrogen-bond acceptors (Lipinski definition) is 5. The van der Waals surface area contributed by atoms with E-state index in [0.717, 1.165) is 18.7 Å². The molecule has 1 fully saturated rings. The fourth-order valence-electron chi connectivity index (χ4n) is 2.40. The number of hydrogen-bond donors (Lipinski definition) is 2. The molecule has 1 aromatic rings. The minimum Gasteiger partial charge on any atom is -0.504 e. The molecule has 1 heterocycles. The lowest BCUT2D eigenvalue weighted by Gasteiger charge is -2.34. The van der Waals surface area contributed by atoms with Gasteiger partial charge < -0.3 is 20.3 Å². The van der Waals surface area contributed by atoms with Crippen molar-refractivity contribution in [2.75, 3.05) is 26.3 Å². The Morgan fingerprint density at radius 2 is 2.35 bits per heavy atom. The first-order valence-corrected chi connectivity index (χ1v) is 7.15. The largest absolute Gasteiger partial charge is 0.504 e. The Morgan fingerprint density at radius 1 is 1.55 bits per heavy atom. The number of phenols is 1. The Kier molecular flexibility index (Phi) is 5.23. The van der Waals surface area contributed by atoms with Crippen LogP contribution in [0.3, 0.4) is 0 Å². The van der Waals surface area contributed by atoms with Gasteiger partial charge >= 0.3 is 0 Å². The van der Waals surface area contributed by atoms with Crippen LogP contribution in [0.25, 0.3) is 0 Å². The summed E-state index contributed by atoms with van der Waals surface area (Å²) >= 11 is 0. The van der Waals surface area contributed by atoms with Crippen LogP contribution in [0.5, 0.6) is 11.5 Å². The second kappa shape index (κ2) is 6.92. The SMILES string of the molecule is CCOc1cccc(CN2CCOC(C(C)N)C2)c1O. The molecule has 1 saturated heterocycles. The van der Waals surface area contributed by atoms with Crippen molar-refractivity contribution in [2.24, 2.45) is 5.73 Å². The van der Waals surface area contributed by atoms with Crippen LogP contribution in [0.15, 0.2) is 18.2 Å². The third-order valence-corrected chi connectivity index (χ3v) is 3.54. The fraction of sp³-hybridized carbons (Fsp3) is 0.600. The molecule has 2 rings (SSSR count). The van der Waals surface area contributed by atoms with Gasteiger partial charge in [-0.3, -0.25) is 4.90 Å². The third kappa shape index (κ3) is 3.62. The Labute approximate surface area is 120 Å². The van der Waals surface area contributed by atoms with E-state index in [0.29, 0.717) is 25.5 Å². The number of rotatable bonds is 5. The zero-order chi connectivity index (χ0) is 14.5. The monoisotopic (exact) mass is 280 g/mol. The van der Waals surface area contributed by atoms with Crippen molar-refractivity contribution in [3.05, 3.63) is 23.8 Å². The molecule has 0 aromatic heterocycles. The van der Waals surface area contributed by atoms with E-state index >= 15 is 0 Å². The molecule has 112 valence electrons. The lowest BCUT2D eigenvalue weighted by molar-refractivity contribution is -0.0405. The van der Waals surface area contributed by atoms with Crippen LogP contribution in [-0.4, -0.2) is 48.5 Å². The molecule has 0 aliphatic carbocycles. The lowest BCUT2D eigenvalue weighted by atomic mass is 10.1. The zero-order valence-electron chi connectivity index (χ0n) is 12.2. The first-order valence-electron chi connectivity index (χ1n) is 7.15. The summed E-state index contributed by atoms with van der Waals surface area (Å²) in [6.45, 7) is 7.40. The van der Waals surface area contributed by atoms with Crippen LogP contribution in [-0.2, 0) is 11.3 Å². The predicted octanol–water partition coefficient (Wildman–Crippen LogP) is 1.34. The van der Waals surface area contributed by atoms with E-state index in [-0.39, 0.29) is 17.9 Å². The van der Waals surface area contributed by atoms with Crippen molar-refractivity contribution in [3.8, 4) is 11.5 Å². The molecular formula is C15H24N2O3. The van der Waals surface area contributed by atoms with Gasteiger partial charge in [0, 0.05) is 31.2 Å². The molecule has 0 amide bonds. The average molecular weight is 280 g/mol. The van der Waals surface area contributed by atoms with Crippen LogP contribution in [0, 0.1) is 0 Å². The van der Waals surface area contributed by atoms with Crippen molar-refractivity contribution < 1.29 is 14.6 Å². The van der Waals surface area contributed by atoms with Gasteiger partial charge in [0.15, 0.2) is 11.5 Å². The number of phenolic OH excluding ortho intramolecular Hbond substituents is 1. The second-order valence-corrected chi connectivity index (χ2v) is 5.20. The molecule has 2 atom stereocenters. The molecule has 0 radical (unpaired) electrons. The summed E-state index contributed by atoms with van der Waals surface area (Å²) in [6.07, 6.45) is 0.0565. The number of ether oxygens (including phenoxy) is 2. The van der Waals surface area contributed by atoms with Crippen LogP contribution in [0.2, 0.25) is 0 Å². The van der Waals surface area contributed by atoms with Gasteiger partial charge in [0.1, 0.15) is 0 Å². The quantitative estimate of drug-likeness (QED) is 0.852. The van der Waals surface area contributed by atoms with Gasteiger partial charge in [-0.25, -0.2) is 0 Å². The van der Waals surface area contributed by atoms with E-state index < -0.39 is 0 Å². The van der Waals surface area contributed by atoms with Crippen LogP contribution in [0.1, 0.15) is 19.4 Å². The maximum atomic E-state index is 10.2. The standard InChI is InChI=1S/C15H24N2O3/c1-3-19-13-6-4-5-12(15(13)18)9-17-7-8-20-14(10-17)11(2)16/h4-6,11,14,18H,3,7-10,16H2,1-2H3. The summed E-state index contributed by atoms with van der Waals surface area (Å²) in [5.41, 5.74) is 6.77. The number of morpholine rings is 1. The highest BCUT2D eigenvalue weighted by Crippen LogP contribution is 2.30. The van der Waals surface area contributed by atoms with Gasteiger partial charge in [-0.1, -0.05) is 12.1 Å². The van der Waals surface area contributed by atoms with E-state index in [1.165, 1.54) is 0 Å². The average Bonchev–Trinajstić information content (AvgIpc) is 2.44. The normalized spacial score (nSPS) is 21.6. The van der Waals surface area contributed by atoms with Gasteiger partial charge in [0.2, 0.25) is 0 Å². The Bertz CT molecular complexity index is 437. The number of nitrogens with zero attached hydrogens (tertiary/aromatic N) is 1. The molecule has 5 nitrogen and oxygen atoms in total. The summed E-state index contributed by atoms with van der Waals surface area (Å²) in [4.78, 5) is 2.25. The van der Waals surface area contributed by atoms with Gasteiger partial charge in [0.05, 0.1) is 19.3 Å². The van der Waals surface area contributed by atoms with Crippen molar-refractivity contribution in [2.45, 2.75) is 32.5 Å². The highest BCUT2D eigenvalue weighted by molar-refractivity contribution is 5.45. The van der Waals surface area contributed by atoms with E-state index in [1.807, 2.05) is 26.0 Å². The van der Waals surface area contributed by atoms with Crippen LogP contribution in [0.4, 0.5) is 0 Å². The molecule has 0 spiro atoms. The highest BCUT2D eigenvalue weighted by Gasteiger charge is 2.24. The summed E-state index contributed by atoms with van der Waals surface area (Å²) in [5.74, 6) is 0.778. The molecule has 0 bridgehead atoms. The van der Waals surface area contributed by atoms with E-state index in [4.69, 9.17) is 15.2 Å². The summed E-state index contributed by atoms with van der Waals surface area (Å²) < 4.78 is 11.1. The third-order valence-electron chi connectivity index (χ3n) is 3.54. The first-order chi connectivity index (χ1) is 9.61. The summed E-state index contributed by atoms with van der Waals surface area (Å²) in [6, 6.07) is 5.63. The van der Waals surface area contributed by atoms with E-state index in [9.17, 15) is 5.11 Å². The van der Waals surface area contributed by atoms with Crippen molar-refractivity contribution >= 4 is 0 Å². The minimum absolute atomic E-state index is 0.0150. The second-order valence-electron chi connectivity index (χ2n) is 5.20. The first kappa shape index (κ1) is 15.1. The van der Waals surface area contributed by atoms with Crippen molar-refractivity contribution in [3.63, 3.8) is 0 Å². The number of para-hydroxylation sites is 1. The van der Waals surface area contributed by atoms with Crippen LogP contribution >= 0.6 is 0 Å². The number of nitrogens with two attached hydrogens (primary N) is 1. The van der Waals surface area contributed by atoms with Crippen molar-refractivity contribution in [1.29, 1.82) is 0 Å². The minimum atomic E-state index is 0.0150. The predicted molar refractivity (Wildman–Crippen MR) is 77.9 cm³/mol. The molecule has 0 saturated carbocycles. The van der Waals surface area contributed by atoms with E-state index in [1.54, 1.807) is 6.07 Å². The maximum absolute atomic E-state index is 10.2. The van der Waals surface area contributed by atoms with Gasteiger partial charge in [0.25, 0.3) is 0 Å². The molecular weight excluding hydrogens is 256 g/mol. The maximum Gasteiger partial charge on any atom is 0.162 e. The van der Waals surface area contributed by atoms with Crippen LogP contribution < -0.4 is 10.5 Å². The topological polar surface area (TPSA) is 68.0 Å². The molecule has 1 aromatic carbocycles. The molecule has 5 heteroatoms. The smallest absolute Gasteiger partial charge is 0.162 e. The number of aromatic hydroxyl groups is 1. The van der Waals surface area contributed by atoms with Gasteiger partial charge in [-0.15, -0.1) is 0 Å². The molecule has 2 unspecified atom stereocenters. The zero-order valence-corrected chi connectivity index (χ0v) is 12.2. The van der Waals surface area contributed by atoms with Gasteiger partial charge in [-0.05, 0) is 19.9 Å². The highest BCUT2D eigenvalue weighted by atomic mass is 16.5. The molecule has 3 N–H and O–H groups in total. The number of benzene rings is 1. The summed E-state index contributed by atoms with van der Waals surface area (Å²) in [5, 5.41) is 10.2. The summed E-state index contributed by atoms with van der Waals surface area (Å²) in [7, 11) is 0. The Morgan fingerprint density at radius 3 is 3.05 bits per heavy atom.